The van der Waals surface area contributed by atoms with E-state index in [-0.39, 0.29) is 12.5 Å². The van der Waals surface area contributed by atoms with Crippen molar-refractivity contribution in [3.05, 3.63) is 29.3 Å². The number of aryl methyl sites for hydroxylation is 1. The van der Waals surface area contributed by atoms with Crippen LogP contribution in [0.1, 0.15) is 30.9 Å². The van der Waals surface area contributed by atoms with Gasteiger partial charge in [0.1, 0.15) is 13.2 Å². The topological polar surface area (TPSA) is 58.6 Å². The number of para-hydroxylation sites is 1. The van der Waals surface area contributed by atoms with E-state index in [4.69, 9.17) is 4.74 Å². The van der Waals surface area contributed by atoms with E-state index in [2.05, 4.69) is 19.2 Å². The monoisotopic (exact) mass is 276 g/mol. The molecule has 1 saturated heterocycles. The molecule has 1 N–H and O–H groups in total. The van der Waals surface area contributed by atoms with Crippen LogP contribution in [0.15, 0.2) is 18.2 Å². The number of carbonyl (C=O) groups excluding carboxylic acids is 2. The zero-order valence-electron chi connectivity index (χ0n) is 12.1. The maximum absolute atomic E-state index is 12.1. The number of anilines is 1. The highest BCUT2D eigenvalue weighted by atomic mass is 16.6. The van der Waals surface area contributed by atoms with E-state index in [1.807, 2.05) is 25.1 Å². The predicted molar refractivity (Wildman–Crippen MR) is 76.8 cm³/mol. The molecule has 1 aromatic carbocycles. The van der Waals surface area contributed by atoms with Gasteiger partial charge in [-0.1, -0.05) is 32.0 Å². The van der Waals surface area contributed by atoms with Gasteiger partial charge in [-0.3, -0.25) is 9.69 Å². The summed E-state index contributed by atoms with van der Waals surface area (Å²) >= 11 is 0. The molecule has 5 heteroatoms. The summed E-state index contributed by atoms with van der Waals surface area (Å²) in [7, 11) is 0. The number of nitrogens with one attached hydrogen (secondary N) is 1. The molecule has 1 aromatic rings. The molecule has 0 bridgehead atoms. The lowest BCUT2D eigenvalue weighted by Gasteiger charge is -2.18. The number of nitrogens with zero attached hydrogens (tertiary/aromatic N) is 1. The second-order valence-corrected chi connectivity index (χ2v) is 5.28. The third-order valence-electron chi connectivity index (χ3n) is 3.37. The fraction of sp³-hybridized carbons (Fsp3) is 0.467. The van der Waals surface area contributed by atoms with Gasteiger partial charge in [0.15, 0.2) is 0 Å². The molecule has 2 amide bonds. The average Bonchev–Trinajstić information content (AvgIpc) is 2.77. The second-order valence-electron chi connectivity index (χ2n) is 5.28. The molecule has 2 rings (SSSR count). The Hall–Kier alpha value is -2.04. The van der Waals surface area contributed by atoms with Crippen LogP contribution >= 0.6 is 0 Å². The molecular formula is C15H20N2O3. The summed E-state index contributed by atoms with van der Waals surface area (Å²) in [6.07, 6.45) is -0.422. The Morgan fingerprint density at radius 1 is 1.45 bits per heavy atom. The summed E-state index contributed by atoms with van der Waals surface area (Å²) in [5.74, 6) is 0.127. The molecule has 0 aromatic heterocycles. The summed E-state index contributed by atoms with van der Waals surface area (Å²) in [4.78, 5) is 24.8. The Morgan fingerprint density at radius 2 is 2.20 bits per heavy atom. The first-order valence-electron chi connectivity index (χ1n) is 6.80. The Bertz CT molecular complexity index is 526. The maximum Gasteiger partial charge on any atom is 0.410 e. The third-order valence-corrected chi connectivity index (χ3v) is 3.37. The lowest BCUT2D eigenvalue weighted by Crippen LogP contribution is -2.34. The van der Waals surface area contributed by atoms with Crippen molar-refractivity contribution in [2.24, 2.45) is 0 Å². The highest BCUT2D eigenvalue weighted by Gasteiger charge is 2.24. The van der Waals surface area contributed by atoms with Gasteiger partial charge in [-0.15, -0.1) is 0 Å². The van der Waals surface area contributed by atoms with Gasteiger partial charge in [0.05, 0.1) is 6.54 Å². The molecule has 108 valence electrons. The van der Waals surface area contributed by atoms with E-state index in [0.29, 0.717) is 19.1 Å². The Morgan fingerprint density at radius 3 is 2.80 bits per heavy atom. The molecule has 0 aliphatic carbocycles. The Balaban J connectivity index is 2.09. The minimum atomic E-state index is -0.422. The van der Waals surface area contributed by atoms with Gasteiger partial charge in [-0.05, 0) is 24.0 Å². The van der Waals surface area contributed by atoms with Gasteiger partial charge >= 0.3 is 6.09 Å². The van der Waals surface area contributed by atoms with Gasteiger partial charge < -0.3 is 10.1 Å². The fourth-order valence-electron chi connectivity index (χ4n) is 2.26. The molecule has 0 radical (unpaired) electrons. The van der Waals surface area contributed by atoms with Crippen molar-refractivity contribution in [1.29, 1.82) is 0 Å². The van der Waals surface area contributed by atoms with Crippen LogP contribution in [-0.4, -0.2) is 36.6 Å². The number of ether oxygens (including phenoxy) is 1. The zero-order chi connectivity index (χ0) is 14.7. The van der Waals surface area contributed by atoms with E-state index in [1.54, 1.807) is 0 Å². The summed E-state index contributed by atoms with van der Waals surface area (Å²) in [6.45, 7) is 6.99. The lowest BCUT2D eigenvalue weighted by atomic mass is 9.98. The number of amides is 2. The standard InChI is InChI=1S/C15H20N2O3/c1-10(2)12-6-4-5-11(3)14(12)16-13(18)9-17-7-8-20-15(17)19/h4-6,10H,7-9H2,1-3H3,(H,16,18). The quantitative estimate of drug-likeness (QED) is 0.919. The van der Waals surface area contributed by atoms with Crippen molar-refractivity contribution in [3.8, 4) is 0 Å². The third kappa shape index (κ3) is 3.10. The largest absolute Gasteiger partial charge is 0.448 e. The van der Waals surface area contributed by atoms with Crippen LogP contribution in [0.3, 0.4) is 0 Å². The first-order chi connectivity index (χ1) is 9.49. The van der Waals surface area contributed by atoms with Crippen molar-refractivity contribution >= 4 is 17.7 Å². The molecule has 1 aliphatic heterocycles. The summed E-state index contributed by atoms with van der Waals surface area (Å²) in [6, 6.07) is 5.96. The van der Waals surface area contributed by atoms with Gasteiger partial charge in [0.2, 0.25) is 5.91 Å². The highest BCUT2D eigenvalue weighted by molar-refractivity contribution is 5.95. The zero-order valence-corrected chi connectivity index (χ0v) is 12.1. The molecule has 1 fully saturated rings. The van der Waals surface area contributed by atoms with Crippen LogP contribution in [-0.2, 0) is 9.53 Å². The number of rotatable bonds is 4. The molecule has 20 heavy (non-hydrogen) atoms. The first-order valence-corrected chi connectivity index (χ1v) is 6.80. The van der Waals surface area contributed by atoms with Gasteiger partial charge in [-0.25, -0.2) is 4.79 Å². The molecule has 0 saturated carbocycles. The number of benzene rings is 1. The molecule has 5 nitrogen and oxygen atoms in total. The predicted octanol–water partition coefficient (Wildman–Crippen LogP) is 2.51. The lowest BCUT2D eigenvalue weighted by molar-refractivity contribution is -0.116. The van der Waals surface area contributed by atoms with E-state index < -0.39 is 6.09 Å². The normalized spacial score (nSPS) is 14.6. The van der Waals surface area contributed by atoms with Crippen LogP contribution in [0.5, 0.6) is 0 Å². The smallest absolute Gasteiger partial charge is 0.410 e. The number of cyclic esters (lactones) is 1. The second kappa shape index (κ2) is 5.94. The molecule has 1 heterocycles. The van der Waals surface area contributed by atoms with Gasteiger partial charge in [0, 0.05) is 5.69 Å². The molecule has 0 atom stereocenters. The Kier molecular flexibility index (Phi) is 4.27. The van der Waals surface area contributed by atoms with Gasteiger partial charge in [-0.2, -0.15) is 0 Å². The van der Waals surface area contributed by atoms with Crippen molar-refractivity contribution in [3.63, 3.8) is 0 Å². The Labute approximate surface area is 118 Å². The van der Waals surface area contributed by atoms with Crippen molar-refractivity contribution in [2.45, 2.75) is 26.7 Å². The maximum atomic E-state index is 12.1. The van der Waals surface area contributed by atoms with E-state index in [0.717, 1.165) is 16.8 Å². The van der Waals surface area contributed by atoms with E-state index in [9.17, 15) is 9.59 Å². The molecular weight excluding hydrogens is 256 g/mol. The highest BCUT2D eigenvalue weighted by Crippen LogP contribution is 2.27. The minimum absolute atomic E-state index is 0.0324. The average molecular weight is 276 g/mol. The number of carbonyl (C=O) groups is 2. The summed E-state index contributed by atoms with van der Waals surface area (Å²) in [5.41, 5.74) is 2.97. The van der Waals surface area contributed by atoms with Crippen molar-refractivity contribution < 1.29 is 14.3 Å². The number of hydrogen-bond acceptors (Lipinski definition) is 3. The van der Waals surface area contributed by atoms with Crippen molar-refractivity contribution in [2.75, 3.05) is 25.0 Å². The molecule has 0 unspecified atom stereocenters. The molecule has 0 spiro atoms. The summed E-state index contributed by atoms with van der Waals surface area (Å²) in [5, 5.41) is 2.92. The molecule has 1 aliphatic rings. The van der Waals surface area contributed by atoms with E-state index >= 15 is 0 Å². The van der Waals surface area contributed by atoms with Crippen molar-refractivity contribution in [1.82, 2.24) is 4.90 Å². The van der Waals surface area contributed by atoms with Crippen LogP contribution in [0.4, 0.5) is 10.5 Å². The van der Waals surface area contributed by atoms with Gasteiger partial charge in [0.25, 0.3) is 0 Å². The van der Waals surface area contributed by atoms with Crippen LogP contribution < -0.4 is 5.32 Å². The van der Waals surface area contributed by atoms with E-state index in [1.165, 1.54) is 4.90 Å². The summed E-state index contributed by atoms with van der Waals surface area (Å²) < 4.78 is 4.81. The van der Waals surface area contributed by atoms with Crippen LogP contribution in [0, 0.1) is 6.92 Å². The SMILES string of the molecule is Cc1cccc(C(C)C)c1NC(=O)CN1CCOC1=O. The van der Waals surface area contributed by atoms with Crippen LogP contribution in [0.2, 0.25) is 0 Å². The first kappa shape index (κ1) is 14.4. The minimum Gasteiger partial charge on any atom is -0.448 e. The fourth-order valence-corrected chi connectivity index (χ4v) is 2.26. The van der Waals surface area contributed by atoms with Crippen LogP contribution in [0.25, 0.3) is 0 Å². The number of hydrogen-bond donors (Lipinski definition) is 1.